The molecule has 1 saturated heterocycles. The molecule has 0 aliphatic carbocycles. The topological polar surface area (TPSA) is 82.7 Å². The summed E-state index contributed by atoms with van der Waals surface area (Å²) >= 11 is 0. The van der Waals surface area contributed by atoms with E-state index in [4.69, 9.17) is 4.74 Å². The van der Waals surface area contributed by atoms with E-state index in [-0.39, 0.29) is 24.0 Å². The van der Waals surface area contributed by atoms with E-state index in [2.05, 4.69) is 29.9 Å². The summed E-state index contributed by atoms with van der Waals surface area (Å²) in [5, 5.41) is 7.19. The summed E-state index contributed by atoms with van der Waals surface area (Å²) in [7, 11) is 3.45. The Labute approximate surface area is 142 Å². The first-order valence-electron chi connectivity index (χ1n) is 8.14. The lowest BCUT2D eigenvalue weighted by molar-refractivity contribution is -0.122. The summed E-state index contributed by atoms with van der Waals surface area (Å²) in [6.45, 7) is 4.74. The fraction of sp³-hybridized carbons (Fsp3) is 0.529. The van der Waals surface area contributed by atoms with Gasteiger partial charge in [0, 0.05) is 32.1 Å². The zero-order chi connectivity index (χ0) is 17.7. The van der Waals surface area contributed by atoms with Crippen molar-refractivity contribution in [3.63, 3.8) is 0 Å². The number of hydrazine groups is 1. The van der Waals surface area contributed by atoms with Crippen LogP contribution in [0.2, 0.25) is 0 Å². The van der Waals surface area contributed by atoms with Crippen LogP contribution in [0.5, 0.6) is 0 Å². The van der Waals surface area contributed by atoms with E-state index in [0.717, 1.165) is 6.42 Å². The number of urea groups is 1. The number of hydrogen-bond donors (Lipinski definition) is 3. The highest BCUT2D eigenvalue weighted by Crippen LogP contribution is 2.28. The number of amides is 3. The van der Waals surface area contributed by atoms with Crippen LogP contribution in [0.3, 0.4) is 0 Å². The van der Waals surface area contributed by atoms with E-state index in [1.807, 2.05) is 0 Å². The van der Waals surface area contributed by atoms with Crippen molar-refractivity contribution in [2.24, 2.45) is 11.8 Å². The highest BCUT2D eigenvalue weighted by molar-refractivity contribution is 5.95. The lowest BCUT2D eigenvalue weighted by atomic mass is 9.92. The van der Waals surface area contributed by atoms with Crippen molar-refractivity contribution >= 4 is 23.3 Å². The van der Waals surface area contributed by atoms with Crippen LogP contribution >= 0.6 is 0 Å². The van der Waals surface area contributed by atoms with Gasteiger partial charge in [-0.1, -0.05) is 19.9 Å². The van der Waals surface area contributed by atoms with Gasteiger partial charge in [0.1, 0.15) is 0 Å². The minimum Gasteiger partial charge on any atom is -0.377 e. The molecule has 3 amide bonds. The fourth-order valence-electron chi connectivity index (χ4n) is 2.82. The predicted octanol–water partition coefficient (Wildman–Crippen LogP) is 2.28. The molecule has 0 spiro atoms. The van der Waals surface area contributed by atoms with Gasteiger partial charge in [0.2, 0.25) is 5.91 Å². The van der Waals surface area contributed by atoms with Crippen molar-refractivity contribution in [3.8, 4) is 0 Å². The Bertz CT molecular complexity index is 589. The first-order chi connectivity index (χ1) is 11.4. The van der Waals surface area contributed by atoms with E-state index >= 15 is 0 Å². The summed E-state index contributed by atoms with van der Waals surface area (Å²) in [6, 6.07) is 6.74. The average molecular weight is 334 g/mol. The number of nitrogens with zero attached hydrogens (tertiary/aromatic N) is 1. The molecule has 1 aliphatic heterocycles. The number of nitrogens with one attached hydrogen (secondary N) is 3. The molecule has 2 atom stereocenters. The smallest absolute Gasteiger partial charge is 0.333 e. The van der Waals surface area contributed by atoms with Crippen LogP contribution in [-0.2, 0) is 9.53 Å². The van der Waals surface area contributed by atoms with Gasteiger partial charge in [-0.2, -0.15) is 0 Å². The van der Waals surface area contributed by atoms with Crippen LogP contribution in [0.15, 0.2) is 24.3 Å². The molecule has 132 valence electrons. The van der Waals surface area contributed by atoms with Crippen molar-refractivity contribution in [3.05, 3.63) is 24.3 Å². The number of benzene rings is 1. The number of carbonyl (C=O) groups is 2. The van der Waals surface area contributed by atoms with Crippen molar-refractivity contribution < 1.29 is 14.3 Å². The molecule has 0 aromatic heterocycles. The molecule has 7 heteroatoms. The van der Waals surface area contributed by atoms with Gasteiger partial charge in [0.25, 0.3) is 0 Å². The van der Waals surface area contributed by atoms with Crippen molar-refractivity contribution in [1.29, 1.82) is 0 Å². The molecule has 7 nitrogen and oxygen atoms in total. The monoisotopic (exact) mass is 334 g/mol. The lowest BCUT2D eigenvalue weighted by Crippen LogP contribution is -2.39. The van der Waals surface area contributed by atoms with E-state index < -0.39 is 0 Å². The molecular formula is C17H26N4O3. The second-order valence-corrected chi connectivity index (χ2v) is 6.51. The van der Waals surface area contributed by atoms with E-state index in [1.165, 1.54) is 0 Å². The number of ether oxygens (including phenoxy) is 1. The zero-order valence-corrected chi connectivity index (χ0v) is 14.6. The van der Waals surface area contributed by atoms with Gasteiger partial charge in [-0.3, -0.25) is 10.2 Å². The first kappa shape index (κ1) is 18.2. The predicted molar refractivity (Wildman–Crippen MR) is 93.6 cm³/mol. The van der Waals surface area contributed by atoms with Gasteiger partial charge in [-0.25, -0.2) is 9.80 Å². The van der Waals surface area contributed by atoms with Gasteiger partial charge in [0.05, 0.1) is 12.0 Å². The molecular weight excluding hydrogens is 308 g/mol. The van der Waals surface area contributed by atoms with Crippen LogP contribution in [0.1, 0.15) is 20.3 Å². The summed E-state index contributed by atoms with van der Waals surface area (Å²) in [5.41, 5.74) is 3.85. The van der Waals surface area contributed by atoms with Crippen LogP contribution in [0.25, 0.3) is 0 Å². The third kappa shape index (κ3) is 4.94. The molecule has 1 aliphatic rings. The Morgan fingerprint density at radius 2 is 1.88 bits per heavy atom. The number of rotatable bonds is 5. The van der Waals surface area contributed by atoms with Gasteiger partial charge in [-0.05, 0) is 30.5 Å². The van der Waals surface area contributed by atoms with Gasteiger partial charge in [-0.15, -0.1) is 0 Å². The Balaban J connectivity index is 1.99. The first-order valence-corrected chi connectivity index (χ1v) is 8.14. The molecule has 24 heavy (non-hydrogen) atoms. The second kappa shape index (κ2) is 8.12. The van der Waals surface area contributed by atoms with Crippen molar-refractivity contribution in [2.45, 2.75) is 26.4 Å². The van der Waals surface area contributed by atoms with Crippen LogP contribution in [0.4, 0.5) is 16.2 Å². The fourth-order valence-corrected chi connectivity index (χ4v) is 2.82. The van der Waals surface area contributed by atoms with Crippen molar-refractivity contribution in [1.82, 2.24) is 10.4 Å². The van der Waals surface area contributed by atoms with Crippen LogP contribution < -0.4 is 16.1 Å². The highest BCUT2D eigenvalue weighted by Gasteiger charge is 2.35. The third-order valence-corrected chi connectivity index (χ3v) is 3.84. The normalized spacial score (nSPS) is 20.2. The molecule has 0 bridgehead atoms. The Morgan fingerprint density at radius 3 is 2.50 bits per heavy atom. The van der Waals surface area contributed by atoms with Crippen LogP contribution in [0, 0.1) is 11.8 Å². The lowest BCUT2D eigenvalue weighted by Gasteiger charge is -2.21. The summed E-state index contributed by atoms with van der Waals surface area (Å²) < 4.78 is 5.67. The zero-order valence-electron chi connectivity index (χ0n) is 14.6. The molecule has 0 saturated carbocycles. The van der Waals surface area contributed by atoms with Gasteiger partial charge >= 0.3 is 6.03 Å². The molecule has 0 radical (unpaired) electrons. The minimum absolute atomic E-state index is 0.0407. The molecule has 1 aromatic carbocycles. The van der Waals surface area contributed by atoms with E-state index in [0.29, 0.717) is 23.9 Å². The maximum Gasteiger partial charge on any atom is 0.333 e. The SMILES string of the molecule is CC(C)C1OCCC1C(=O)Nc1cccc(NC(=O)NN(C)C)c1. The molecule has 1 fully saturated rings. The van der Waals surface area contributed by atoms with Gasteiger partial charge < -0.3 is 15.4 Å². The Morgan fingerprint density at radius 1 is 1.21 bits per heavy atom. The van der Waals surface area contributed by atoms with E-state index in [9.17, 15) is 9.59 Å². The Kier molecular flexibility index (Phi) is 6.16. The molecule has 2 unspecified atom stereocenters. The van der Waals surface area contributed by atoms with Gasteiger partial charge in [0.15, 0.2) is 0 Å². The summed E-state index contributed by atoms with van der Waals surface area (Å²) in [4.78, 5) is 24.2. The largest absolute Gasteiger partial charge is 0.377 e. The second-order valence-electron chi connectivity index (χ2n) is 6.51. The molecule has 1 heterocycles. The number of hydrogen-bond acceptors (Lipinski definition) is 4. The van der Waals surface area contributed by atoms with Crippen molar-refractivity contribution in [2.75, 3.05) is 31.3 Å². The quantitative estimate of drug-likeness (QED) is 0.722. The molecule has 2 rings (SSSR count). The van der Waals surface area contributed by atoms with E-state index in [1.54, 1.807) is 43.4 Å². The maximum atomic E-state index is 12.5. The average Bonchev–Trinajstić information content (AvgIpc) is 2.96. The summed E-state index contributed by atoms with van der Waals surface area (Å²) in [6.07, 6.45) is 0.690. The van der Waals surface area contributed by atoms with Crippen LogP contribution in [-0.4, -0.2) is 43.8 Å². The summed E-state index contributed by atoms with van der Waals surface area (Å²) in [5.74, 6) is 0.116. The highest BCUT2D eigenvalue weighted by atomic mass is 16.5. The Hall–Kier alpha value is -2.12. The molecule has 1 aromatic rings. The molecule has 3 N–H and O–H groups in total. The number of anilines is 2. The third-order valence-electron chi connectivity index (χ3n) is 3.84. The maximum absolute atomic E-state index is 12.5. The standard InChI is InChI=1S/C17H26N4O3/c1-11(2)15-14(8-9-24-15)16(22)18-12-6-5-7-13(10-12)19-17(23)20-21(3)4/h5-7,10-11,14-15H,8-9H2,1-4H3,(H,18,22)(H2,19,20,23). The minimum atomic E-state index is -0.340. The number of carbonyl (C=O) groups excluding carboxylic acids is 2.